The number of aryl methyl sites for hydroxylation is 2. The van der Waals surface area contributed by atoms with Crippen LogP contribution in [-0.2, 0) is 11.2 Å². The summed E-state index contributed by atoms with van der Waals surface area (Å²) in [5.41, 5.74) is 2.71. The van der Waals surface area contributed by atoms with Crippen molar-refractivity contribution in [3.8, 4) is 0 Å². The van der Waals surface area contributed by atoms with Crippen LogP contribution in [0.4, 0.5) is 0 Å². The molecule has 0 bridgehead atoms. The highest BCUT2D eigenvalue weighted by Crippen LogP contribution is 2.15. The maximum absolute atomic E-state index is 10.7. The summed E-state index contributed by atoms with van der Waals surface area (Å²) in [4.78, 5) is 14.8. The first-order chi connectivity index (χ1) is 9.06. The van der Waals surface area contributed by atoms with Crippen LogP contribution in [0.5, 0.6) is 0 Å². The predicted molar refractivity (Wildman–Crippen MR) is 72.7 cm³/mol. The van der Waals surface area contributed by atoms with E-state index in [9.17, 15) is 4.79 Å². The lowest BCUT2D eigenvalue weighted by molar-refractivity contribution is -0.136. The highest BCUT2D eigenvalue weighted by Gasteiger charge is 2.10. The molecule has 19 heavy (non-hydrogen) atoms. The first kappa shape index (κ1) is 13.1. The first-order valence-corrected chi connectivity index (χ1v) is 5.98. The van der Waals surface area contributed by atoms with Gasteiger partial charge in [-0.3, -0.25) is 4.79 Å². The standard InChI is InChI=1S/C15H15NO3/c1-10-5-3-4-6-12(10)7-8-14-16-13(9-15(17)18)11(2)19-14/h3-8H,9H2,1-2H3,(H,17,18)/b8-7+. The Balaban J connectivity index is 2.20. The molecule has 0 aliphatic heterocycles. The Kier molecular flexibility index (Phi) is 3.80. The molecule has 1 N–H and O–H groups in total. The van der Waals surface area contributed by atoms with Gasteiger partial charge in [-0.05, 0) is 31.1 Å². The van der Waals surface area contributed by atoms with Crippen LogP contribution < -0.4 is 0 Å². The summed E-state index contributed by atoms with van der Waals surface area (Å²) < 4.78 is 5.42. The number of carbonyl (C=O) groups is 1. The Hall–Kier alpha value is -2.36. The van der Waals surface area contributed by atoms with Gasteiger partial charge in [-0.25, -0.2) is 4.98 Å². The van der Waals surface area contributed by atoms with E-state index in [2.05, 4.69) is 4.98 Å². The fourth-order valence-corrected chi connectivity index (χ4v) is 1.76. The van der Waals surface area contributed by atoms with Gasteiger partial charge >= 0.3 is 5.97 Å². The van der Waals surface area contributed by atoms with E-state index in [1.807, 2.05) is 37.3 Å². The SMILES string of the molecule is Cc1ccccc1/C=C/c1nc(CC(=O)O)c(C)o1. The van der Waals surface area contributed by atoms with E-state index in [1.165, 1.54) is 0 Å². The number of oxazole rings is 1. The average Bonchev–Trinajstić information content (AvgIpc) is 2.68. The van der Waals surface area contributed by atoms with Gasteiger partial charge in [0.15, 0.2) is 0 Å². The smallest absolute Gasteiger partial charge is 0.309 e. The molecule has 1 aromatic carbocycles. The number of carboxylic acid groups (broad SMARTS) is 1. The molecule has 1 aromatic heterocycles. The van der Waals surface area contributed by atoms with Gasteiger partial charge in [-0.2, -0.15) is 0 Å². The second kappa shape index (κ2) is 5.52. The zero-order valence-corrected chi connectivity index (χ0v) is 10.9. The van der Waals surface area contributed by atoms with Crippen molar-refractivity contribution in [1.82, 2.24) is 4.98 Å². The number of aromatic nitrogens is 1. The van der Waals surface area contributed by atoms with E-state index in [1.54, 1.807) is 13.0 Å². The molecule has 4 heteroatoms. The summed E-state index contributed by atoms with van der Waals surface area (Å²) in [7, 11) is 0. The Morgan fingerprint density at radius 3 is 2.74 bits per heavy atom. The molecule has 0 radical (unpaired) electrons. The molecule has 0 amide bonds. The minimum Gasteiger partial charge on any atom is -0.481 e. The molecule has 0 aliphatic rings. The van der Waals surface area contributed by atoms with Crippen LogP contribution in [0, 0.1) is 13.8 Å². The third kappa shape index (κ3) is 3.31. The van der Waals surface area contributed by atoms with E-state index in [0.29, 0.717) is 17.3 Å². The average molecular weight is 257 g/mol. The van der Waals surface area contributed by atoms with Crippen molar-refractivity contribution in [1.29, 1.82) is 0 Å². The van der Waals surface area contributed by atoms with Crippen molar-refractivity contribution in [2.24, 2.45) is 0 Å². The van der Waals surface area contributed by atoms with Crippen molar-refractivity contribution in [3.05, 3.63) is 52.7 Å². The van der Waals surface area contributed by atoms with Crippen LogP contribution in [-0.4, -0.2) is 16.1 Å². The highest BCUT2D eigenvalue weighted by atomic mass is 16.4. The van der Waals surface area contributed by atoms with Crippen molar-refractivity contribution < 1.29 is 14.3 Å². The van der Waals surface area contributed by atoms with E-state index in [4.69, 9.17) is 9.52 Å². The fourth-order valence-electron chi connectivity index (χ4n) is 1.76. The largest absolute Gasteiger partial charge is 0.481 e. The topological polar surface area (TPSA) is 63.3 Å². The summed E-state index contributed by atoms with van der Waals surface area (Å²) in [6.07, 6.45) is 3.54. The molecule has 0 fully saturated rings. The highest BCUT2D eigenvalue weighted by molar-refractivity contribution is 5.71. The maximum Gasteiger partial charge on any atom is 0.309 e. The van der Waals surface area contributed by atoms with Crippen molar-refractivity contribution in [3.63, 3.8) is 0 Å². The third-order valence-corrected chi connectivity index (χ3v) is 2.82. The fraction of sp³-hybridized carbons (Fsp3) is 0.200. The summed E-state index contributed by atoms with van der Waals surface area (Å²) >= 11 is 0. The number of benzene rings is 1. The number of rotatable bonds is 4. The molecule has 0 saturated heterocycles. The van der Waals surface area contributed by atoms with Gasteiger partial charge in [0.05, 0.1) is 12.1 Å². The van der Waals surface area contributed by atoms with Crippen molar-refractivity contribution in [2.75, 3.05) is 0 Å². The minimum atomic E-state index is -0.911. The molecule has 4 nitrogen and oxygen atoms in total. The number of hydrogen-bond acceptors (Lipinski definition) is 3. The van der Waals surface area contributed by atoms with Gasteiger partial charge in [0, 0.05) is 6.08 Å². The van der Waals surface area contributed by atoms with Gasteiger partial charge < -0.3 is 9.52 Å². The summed E-state index contributed by atoms with van der Waals surface area (Å²) in [5.74, 6) is 0.0645. The normalized spacial score (nSPS) is 11.1. The number of nitrogens with zero attached hydrogens (tertiary/aromatic N) is 1. The van der Waals surface area contributed by atoms with E-state index < -0.39 is 5.97 Å². The van der Waals surface area contributed by atoms with Gasteiger partial charge in [-0.15, -0.1) is 0 Å². The van der Waals surface area contributed by atoms with E-state index >= 15 is 0 Å². The van der Waals surface area contributed by atoms with Gasteiger partial charge in [0.2, 0.25) is 5.89 Å². The van der Waals surface area contributed by atoms with Crippen LogP contribution in [0.2, 0.25) is 0 Å². The number of carboxylic acids is 1. The van der Waals surface area contributed by atoms with E-state index in [-0.39, 0.29) is 6.42 Å². The lowest BCUT2D eigenvalue weighted by Gasteiger charge is -1.96. The van der Waals surface area contributed by atoms with Crippen LogP contribution in [0.3, 0.4) is 0 Å². The van der Waals surface area contributed by atoms with Crippen molar-refractivity contribution >= 4 is 18.1 Å². The monoisotopic (exact) mass is 257 g/mol. The van der Waals surface area contributed by atoms with Gasteiger partial charge in [-0.1, -0.05) is 24.3 Å². The minimum absolute atomic E-state index is 0.118. The second-order valence-electron chi connectivity index (χ2n) is 4.32. The summed E-state index contributed by atoms with van der Waals surface area (Å²) in [5, 5.41) is 8.75. The Labute approximate surface area is 111 Å². The van der Waals surface area contributed by atoms with Gasteiger partial charge in [0.25, 0.3) is 0 Å². The zero-order valence-electron chi connectivity index (χ0n) is 10.9. The van der Waals surface area contributed by atoms with Gasteiger partial charge in [0.1, 0.15) is 5.76 Å². The zero-order chi connectivity index (χ0) is 13.8. The molecule has 0 saturated carbocycles. The number of hydrogen-bond donors (Lipinski definition) is 1. The molecule has 2 rings (SSSR count). The third-order valence-electron chi connectivity index (χ3n) is 2.82. The van der Waals surface area contributed by atoms with E-state index in [0.717, 1.165) is 11.1 Å². The van der Waals surface area contributed by atoms with Crippen LogP contribution >= 0.6 is 0 Å². The molecular weight excluding hydrogens is 242 g/mol. The first-order valence-electron chi connectivity index (χ1n) is 5.98. The maximum atomic E-state index is 10.7. The quantitative estimate of drug-likeness (QED) is 0.914. The lowest BCUT2D eigenvalue weighted by atomic mass is 10.1. The molecule has 0 unspecified atom stereocenters. The molecule has 0 atom stereocenters. The molecule has 2 aromatic rings. The van der Waals surface area contributed by atoms with Crippen molar-refractivity contribution in [2.45, 2.75) is 20.3 Å². The predicted octanol–water partition coefficient (Wildman–Crippen LogP) is 3.09. The molecule has 1 heterocycles. The Morgan fingerprint density at radius 1 is 1.32 bits per heavy atom. The Bertz CT molecular complexity index is 626. The molecule has 0 aliphatic carbocycles. The lowest BCUT2D eigenvalue weighted by Crippen LogP contribution is -2.01. The molecule has 98 valence electrons. The summed E-state index contributed by atoms with van der Waals surface area (Å²) in [6.45, 7) is 3.74. The second-order valence-corrected chi connectivity index (χ2v) is 4.32. The molecular formula is C15H15NO3. The Morgan fingerprint density at radius 2 is 2.05 bits per heavy atom. The summed E-state index contributed by atoms with van der Waals surface area (Å²) in [6, 6.07) is 7.96. The number of aliphatic carboxylic acids is 1. The van der Waals surface area contributed by atoms with Crippen LogP contribution in [0.1, 0.15) is 28.5 Å². The molecule has 0 spiro atoms. The van der Waals surface area contributed by atoms with Crippen LogP contribution in [0.15, 0.2) is 28.7 Å². The van der Waals surface area contributed by atoms with Crippen LogP contribution in [0.25, 0.3) is 12.2 Å².